The topological polar surface area (TPSA) is 313 Å². The van der Waals surface area contributed by atoms with Crippen LogP contribution in [-0.4, -0.2) is 112 Å². The van der Waals surface area contributed by atoms with E-state index in [0.29, 0.717) is 25.8 Å². The fourth-order valence-corrected chi connectivity index (χ4v) is 5.81. The number of nitrogens with two attached hydrogens (primary N) is 1. The highest BCUT2D eigenvalue weighted by Gasteiger charge is 2.28. The van der Waals surface area contributed by atoms with Gasteiger partial charge in [0.1, 0.15) is 30.0 Å². The van der Waals surface area contributed by atoms with Crippen molar-refractivity contribution in [3.05, 3.63) is 71.8 Å². The number of Topliss-reactive ketones (excluding diaryl/α,β-unsaturated/α-hetero) is 1. The van der Waals surface area contributed by atoms with Crippen molar-refractivity contribution in [2.24, 2.45) is 5.73 Å². The second kappa shape index (κ2) is 27.3. The average molecular weight is 840 g/mol. The molecule has 0 bridgehead atoms. The van der Waals surface area contributed by atoms with Gasteiger partial charge >= 0.3 is 23.9 Å². The predicted octanol–water partition coefficient (Wildman–Crippen LogP) is 0.781. The summed E-state index contributed by atoms with van der Waals surface area (Å²) in [6.45, 7) is 1.52. The van der Waals surface area contributed by atoms with E-state index in [1.165, 1.54) is 6.92 Å². The van der Waals surface area contributed by atoms with Gasteiger partial charge in [0.25, 0.3) is 0 Å². The molecule has 328 valence electrons. The van der Waals surface area contributed by atoms with Gasteiger partial charge in [-0.2, -0.15) is 0 Å². The Morgan fingerprint density at radius 3 is 1.57 bits per heavy atom. The summed E-state index contributed by atoms with van der Waals surface area (Å²) in [4.78, 5) is 110. The number of carbonyl (C=O) groups excluding carboxylic acids is 6. The Hall–Kier alpha value is -6.37. The Bertz CT molecular complexity index is 1750. The summed E-state index contributed by atoms with van der Waals surface area (Å²) in [5.41, 5.74) is 7.38. The van der Waals surface area contributed by atoms with Crippen LogP contribution in [-0.2, 0) is 51.2 Å². The van der Waals surface area contributed by atoms with Gasteiger partial charge in [-0.3, -0.25) is 28.8 Å². The molecule has 0 aliphatic heterocycles. The van der Waals surface area contributed by atoms with Crippen LogP contribution in [0.3, 0.4) is 0 Å². The molecule has 0 aromatic heterocycles. The lowest BCUT2D eigenvalue weighted by molar-refractivity contribution is -0.141. The first-order valence-electron chi connectivity index (χ1n) is 19.8. The molecule has 0 aliphatic rings. The van der Waals surface area contributed by atoms with Gasteiger partial charge in [0.15, 0.2) is 0 Å². The van der Waals surface area contributed by atoms with E-state index in [2.05, 4.69) is 26.6 Å². The molecule has 19 nitrogen and oxygen atoms in total. The van der Waals surface area contributed by atoms with E-state index in [4.69, 9.17) is 10.8 Å². The molecule has 2 rings (SSSR count). The molecule has 60 heavy (non-hydrogen) atoms. The number of rotatable bonds is 29. The van der Waals surface area contributed by atoms with E-state index in [1.54, 1.807) is 0 Å². The summed E-state index contributed by atoms with van der Waals surface area (Å²) in [5, 5.41) is 42.4. The van der Waals surface area contributed by atoms with E-state index < -0.39 is 84.7 Å². The zero-order valence-corrected chi connectivity index (χ0v) is 33.7. The number of aliphatic carboxylic acids is 3. The molecule has 11 N–H and O–H groups in total. The lowest BCUT2D eigenvalue weighted by Crippen LogP contribution is -2.56. The number of ketones is 1. The van der Waals surface area contributed by atoms with E-state index >= 15 is 0 Å². The molecule has 0 unspecified atom stereocenters. The van der Waals surface area contributed by atoms with Crippen molar-refractivity contribution < 1.29 is 58.5 Å². The van der Waals surface area contributed by atoms with Gasteiger partial charge < -0.3 is 53.0 Å². The van der Waals surface area contributed by atoms with E-state index in [1.807, 2.05) is 66.0 Å². The highest BCUT2D eigenvalue weighted by Crippen LogP contribution is 2.10. The Kier molecular flexibility index (Phi) is 22.7. The normalized spacial score (nSPS) is 13.2. The number of carbonyl (C=O) groups is 9. The molecule has 0 spiro atoms. The van der Waals surface area contributed by atoms with Crippen LogP contribution in [0.2, 0.25) is 0 Å². The number of carboxylic acid groups (broad SMARTS) is 3. The van der Waals surface area contributed by atoms with Crippen LogP contribution in [0, 0.1) is 0 Å². The molecule has 2 aromatic carbocycles. The van der Waals surface area contributed by atoms with Crippen molar-refractivity contribution in [1.29, 1.82) is 0 Å². The maximum atomic E-state index is 13.7. The Morgan fingerprint density at radius 1 is 0.550 bits per heavy atom. The number of unbranched alkanes of at least 4 members (excludes halogenated alkanes) is 4. The zero-order valence-electron chi connectivity index (χ0n) is 33.7. The number of urea groups is 1. The number of benzene rings is 2. The van der Waals surface area contributed by atoms with Gasteiger partial charge in [0, 0.05) is 45.2 Å². The second-order valence-electron chi connectivity index (χ2n) is 14.3. The number of hydrogen-bond acceptors (Lipinski definition) is 10. The first-order chi connectivity index (χ1) is 28.5. The van der Waals surface area contributed by atoms with Gasteiger partial charge in [-0.15, -0.1) is 0 Å². The molecule has 6 amide bonds. The monoisotopic (exact) mass is 839 g/mol. The van der Waals surface area contributed by atoms with E-state index in [0.717, 1.165) is 24.0 Å². The van der Waals surface area contributed by atoms with Gasteiger partial charge in [0.2, 0.25) is 23.6 Å². The average Bonchev–Trinajstić information content (AvgIpc) is 3.20. The van der Waals surface area contributed by atoms with Crippen LogP contribution in [0.15, 0.2) is 60.7 Å². The van der Waals surface area contributed by atoms with Gasteiger partial charge in [-0.1, -0.05) is 79.9 Å². The fraction of sp³-hybridized carbons (Fsp3) is 0.488. The highest BCUT2D eigenvalue weighted by atomic mass is 16.4. The highest BCUT2D eigenvalue weighted by molar-refractivity contribution is 5.93. The lowest BCUT2D eigenvalue weighted by Gasteiger charge is -2.24. The van der Waals surface area contributed by atoms with Crippen molar-refractivity contribution in [2.45, 2.75) is 114 Å². The summed E-state index contributed by atoms with van der Waals surface area (Å²) < 4.78 is 0. The maximum Gasteiger partial charge on any atom is 0.326 e. The van der Waals surface area contributed by atoms with E-state index in [9.17, 15) is 53.4 Å². The molecule has 0 radical (unpaired) electrons. The molecule has 0 aliphatic carbocycles. The third-order valence-corrected chi connectivity index (χ3v) is 9.28. The first kappa shape index (κ1) is 49.8. The van der Waals surface area contributed by atoms with Crippen molar-refractivity contribution in [2.75, 3.05) is 13.1 Å². The molecule has 0 saturated carbocycles. The number of nitrogens with one attached hydrogen (secondary N) is 6. The molecule has 5 atom stereocenters. The third-order valence-electron chi connectivity index (χ3n) is 9.28. The summed E-state index contributed by atoms with van der Waals surface area (Å²) in [6.07, 6.45) is 2.28. The molecule has 0 heterocycles. The van der Waals surface area contributed by atoms with Gasteiger partial charge in [-0.05, 0) is 43.7 Å². The molecule has 2 aromatic rings. The SMILES string of the molecule is CC(=O)[C@@H](N)CNC(=O)[C@H](Cc1ccccc1)NC(=O)[C@H](Cc1ccccc1)NC(=O)CCCCCCCNC(=O)CC[C@H](NC(=O)N[C@@H](CCC(=O)O)C(=O)O)C(=O)O. The summed E-state index contributed by atoms with van der Waals surface area (Å²) in [5.74, 6) is -6.38. The van der Waals surface area contributed by atoms with Crippen LogP contribution in [0.5, 0.6) is 0 Å². The molecular weight excluding hydrogens is 782 g/mol. The number of carboxylic acids is 3. The first-order valence-corrected chi connectivity index (χ1v) is 19.8. The molecule has 19 heteroatoms. The zero-order chi connectivity index (χ0) is 44.5. The van der Waals surface area contributed by atoms with Crippen LogP contribution in [0.25, 0.3) is 0 Å². The van der Waals surface area contributed by atoms with Crippen molar-refractivity contribution >= 4 is 53.4 Å². The fourth-order valence-electron chi connectivity index (χ4n) is 5.81. The predicted molar refractivity (Wildman–Crippen MR) is 217 cm³/mol. The minimum absolute atomic E-state index is 0.106. The molecular formula is C41H57N7O12. The van der Waals surface area contributed by atoms with Crippen LogP contribution >= 0.6 is 0 Å². The molecule has 0 fully saturated rings. The number of hydrogen-bond donors (Lipinski definition) is 10. The van der Waals surface area contributed by atoms with Crippen LogP contribution in [0.4, 0.5) is 4.79 Å². The number of amides is 6. The minimum atomic E-state index is -1.55. The van der Waals surface area contributed by atoms with Crippen LogP contribution in [0.1, 0.15) is 82.3 Å². The van der Waals surface area contributed by atoms with E-state index in [-0.39, 0.29) is 50.3 Å². The van der Waals surface area contributed by atoms with Crippen molar-refractivity contribution in [3.63, 3.8) is 0 Å². The Labute approximate surface area is 348 Å². The van der Waals surface area contributed by atoms with Gasteiger partial charge in [-0.25, -0.2) is 14.4 Å². The largest absolute Gasteiger partial charge is 0.481 e. The van der Waals surface area contributed by atoms with Crippen LogP contribution < -0.4 is 37.6 Å². The summed E-state index contributed by atoms with van der Waals surface area (Å²) in [6, 6.07) is 11.1. The van der Waals surface area contributed by atoms with Gasteiger partial charge in [0.05, 0.1) is 6.04 Å². The molecule has 0 saturated heterocycles. The lowest BCUT2D eigenvalue weighted by atomic mass is 10.0. The van der Waals surface area contributed by atoms with Crippen molar-refractivity contribution in [3.8, 4) is 0 Å². The summed E-state index contributed by atoms with van der Waals surface area (Å²) >= 11 is 0. The summed E-state index contributed by atoms with van der Waals surface area (Å²) in [7, 11) is 0. The third kappa shape index (κ3) is 20.9. The Morgan fingerprint density at radius 2 is 1.05 bits per heavy atom. The Balaban J connectivity index is 1.81. The smallest absolute Gasteiger partial charge is 0.326 e. The van der Waals surface area contributed by atoms with Crippen molar-refractivity contribution in [1.82, 2.24) is 31.9 Å². The maximum absolute atomic E-state index is 13.7. The second-order valence-corrected chi connectivity index (χ2v) is 14.3. The quantitative estimate of drug-likeness (QED) is 0.0507. The minimum Gasteiger partial charge on any atom is -0.481 e. The standard InChI is InChI=1S/C41H57N7O12/c1-26(49)29(42)25-44-37(54)32(23-27-13-7-5-8-14-27)46-38(55)33(24-28-15-9-6-10-16-28)45-35(51)17-11-3-2-4-12-22-43-34(50)20-18-30(39(56)57)47-41(60)48-31(40(58)59)19-21-36(52)53/h5-10,13-16,29-33H,2-4,11-12,17-25,42H2,1H3,(H,43,50)(H,44,54)(H,45,51)(H,46,55)(H,52,53)(H,56,57)(H,58,59)(H2,47,48,60)/t29-,30-,31-,32-,33-/m0/s1.